The molecule has 0 bridgehead atoms. The first-order valence-electron chi connectivity index (χ1n) is 5.94. The van der Waals surface area contributed by atoms with E-state index in [1.807, 2.05) is 11.9 Å². The van der Waals surface area contributed by atoms with E-state index in [-0.39, 0.29) is 12.5 Å². The molecule has 17 heavy (non-hydrogen) atoms. The average molecular weight is 238 g/mol. The summed E-state index contributed by atoms with van der Waals surface area (Å²) in [6.45, 7) is 2.24. The molecule has 94 valence electrons. The lowest BCUT2D eigenvalue weighted by atomic mass is 10.1. The molecular weight excluding hydrogens is 220 g/mol. The van der Waals surface area contributed by atoms with Gasteiger partial charge in [-0.2, -0.15) is 0 Å². The fourth-order valence-corrected chi connectivity index (χ4v) is 2.09. The Morgan fingerprint density at radius 2 is 2.41 bits per heavy atom. The van der Waals surface area contributed by atoms with Crippen LogP contribution >= 0.6 is 0 Å². The molecule has 1 N–H and O–H groups in total. The van der Waals surface area contributed by atoms with Gasteiger partial charge in [-0.15, -0.1) is 5.10 Å². The van der Waals surface area contributed by atoms with Crippen molar-refractivity contribution in [2.75, 3.05) is 20.1 Å². The van der Waals surface area contributed by atoms with Crippen molar-refractivity contribution in [3.63, 3.8) is 0 Å². The Labute approximate surface area is 100 Å². The molecule has 0 radical (unpaired) electrons. The first-order valence-corrected chi connectivity index (χ1v) is 5.94. The molecule has 1 aliphatic rings. The van der Waals surface area contributed by atoms with Gasteiger partial charge in [0.05, 0.1) is 0 Å². The van der Waals surface area contributed by atoms with Crippen LogP contribution in [0.4, 0.5) is 0 Å². The Balaban J connectivity index is 1.89. The van der Waals surface area contributed by atoms with Crippen molar-refractivity contribution >= 4 is 5.91 Å². The van der Waals surface area contributed by atoms with Crippen LogP contribution in [0.15, 0.2) is 6.33 Å². The van der Waals surface area contributed by atoms with Crippen LogP contribution in [0, 0.1) is 0 Å². The molecule has 1 fully saturated rings. The van der Waals surface area contributed by atoms with Crippen LogP contribution in [-0.4, -0.2) is 57.2 Å². The van der Waals surface area contributed by atoms with Gasteiger partial charge in [0.25, 0.3) is 0 Å². The smallest absolute Gasteiger partial charge is 0.244 e. The summed E-state index contributed by atoms with van der Waals surface area (Å²) in [5, 5.41) is 14.1. The molecule has 1 aliphatic heterocycles. The minimum Gasteiger partial charge on any atom is -0.341 e. The maximum atomic E-state index is 12.0. The zero-order valence-corrected chi connectivity index (χ0v) is 10.0. The molecule has 0 saturated carbocycles. The van der Waals surface area contributed by atoms with Crippen LogP contribution < -0.4 is 5.32 Å². The fourth-order valence-electron chi connectivity index (χ4n) is 2.09. The van der Waals surface area contributed by atoms with Crippen molar-refractivity contribution in [2.24, 2.45) is 0 Å². The second-order valence-electron chi connectivity index (χ2n) is 4.35. The van der Waals surface area contributed by atoms with Gasteiger partial charge in [-0.25, -0.2) is 4.68 Å². The number of nitrogens with zero attached hydrogens (tertiary/aromatic N) is 5. The third kappa shape index (κ3) is 3.23. The maximum absolute atomic E-state index is 12.0. The van der Waals surface area contributed by atoms with Crippen LogP contribution in [-0.2, 0) is 11.3 Å². The lowest BCUT2D eigenvalue weighted by molar-refractivity contribution is -0.133. The lowest BCUT2D eigenvalue weighted by Crippen LogP contribution is -2.39. The Morgan fingerprint density at radius 3 is 3.18 bits per heavy atom. The van der Waals surface area contributed by atoms with Crippen molar-refractivity contribution < 1.29 is 4.79 Å². The van der Waals surface area contributed by atoms with Gasteiger partial charge in [0, 0.05) is 13.1 Å². The molecule has 1 aromatic rings. The van der Waals surface area contributed by atoms with Gasteiger partial charge in [-0.3, -0.25) is 4.79 Å². The zero-order chi connectivity index (χ0) is 12.1. The lowest BCUT2D eigenvalue weighted by Gasteiger charge is -2.26. The number of nitrogens with one attached hydrogen (secondary N) is 1. The molecule has 0 spiro atoms. The van der Waals surface area contributed by atoms with Gasteiger partial charge in [0.15, 0.2) is 0 Å². The van der Waals surface area contributed by atoms with E-state index in [0.717, 1.165) is 32.4 Å². The van der Waals surface area contributed by atoms with Crippen molar-refractivity contribution in [1.82, 2.24) is 30.4 Å². The Kier molecular flexibility index (Phi) is 4.03. The number of rotatable bonds is 3. The number of tetrazole rings is 1. The number of hydrogen-bond donors (Lipinski definition) is 1. The summed E-state index contributed by atoms with van der Waals surface area (Å²) in [6, 6.07) is 0.328. The topological polar surface area (TPSA) is 75.9 Å². The number of carbonyl (C=O) groups excluding carboxylic acids is 1. The van der Waals surface area contributed by atoms with E-state index in [1.165, 1.54) is 11.0 Å². The predicted molar refractivity (Wildman–Crippen MR) is 61.1 cm³/mol. The average Bonchev–Trinajstić information content (AvgIpc) is 2.68. The Hall–Kier alpha value is -1.50. The second-order valence-corrected chi connectivity index (χ2v) is 4.35. The Morgan fingerprint density at radius 1 is 1.53 bits per heavy atom. The number of carbonyl (C=O) groups is 1. The highest BCUT2D eigenvalue weighted by Gasteiger charge is 2.21. The molecule has 2 rings (SSSR count). The minimum atomic E-state index is 0.0594. The molecule has 7 heteroatoms. The van der Waals surface area contributed by atoms with Crippen molar-refractivity contribution in [3.05, 3.63) is 6.33 Å². The number of aromatic nitrogens is 4. The predicted octanol–water partition coefficient (Wildman–Crippen LogP) is -0.726. The minimum absolute atomic E-state index is 0.0594. The van der Waals surface area contributed by atoms with E-state index in [4.69, 9.17) is 0 Å². The van der Waals surface area contributed by atoms with Crippen molar-refractivity contribution in [1.29, 1.82) is 0 Å². The van der Waals surface area contributed by atoms with E-state index in [9.17, 15) is 4.79 Å². The standard InChI is InChI=1S/C10H18N6O/c1-15(9-3-2-5-11-6-4-9)10(17)7-16-8-12-13-14-16/h8-9,11H,2-7H2,1H3. The van der Waals surface area contributed by atoms with Crippen LogP contribution in [0.25, 0.3) is 0 Å². The van der Waals surface area contributed by atoms with Gasteiger partial charge in [-0.1, -0.05) is 0 Å². The summed E-state index contributed by atoms with van der Waals surface area (Å²) in [4.78, 5) is 13.8. The second kappa shape index (κ2) is 5.72. The fraction of sp³-hybridized carbons (Fsp3) is 0.800. The molecule has 0 aliphatic carbocycles. The molecule has 1 saturated heterocycles. The number of amides is 1. The molecule has 2 heterocycles. The number of hydrogen-bond acceptors (Lipinski definition) is 5. The SMILES string of the molecule is CN(C(=O)Cn1cnnn1)C1CCCNCC1. The first-order chi connectivity index (χ1) is 8.27. The molecule has 1 amide bonds. The summed E-state index contributed by atoms with van der Waals surface area (Å²) >= 11 is 0. The first kappa shape index (κ1) is 12.0. The molecule has 1 unspecified atom stereocenters. The van der Waals surface area contributed by atoms with Crippen LogP contribution in [0.2, 0.25) is 0 Å². The van der Waals surface area contributed by atoms with Gasteiger partial charge in [0.2, 0.25) is 5.91 Å². The van der Waals surface area contributed by atoms with Gasteiger partial charge < -0.3 is 10.2 Å². The van der Waals surface area contributed by atoms with Gasteiger partial charge >= 0.3 is 0 Å². The summed E-state index contributed by atoms with van der Waals surface area (Å²) in [5.74, 6) is 0.0594. The molecule has 0 aromatic carbocycles. The molecule has 1 aromatic heterocycles. The van der Waals surface area contributed by atoms with Crippen molar-refractivity contribution in [3.8, 4) is 0 Å². The van der Waals surface area contributed by atoms with Crippen molar-refractivity contribution in [2.45, 2.75) is 31.8 Å². The highest BCUT2D eigenvalue weighted by Crippen LogP contribution is 2.12. The molecule has 7 nitrogen and oxygen atoms in total. The van der Waals surface area contributed by atoms with E-state index in [1.54, 1.807) is 0 Å². The summed E-state index contributed by atoms with van der Waals surface area (Å²) in [5.41, 5.74) is 0. The van der Waals surface area contributed by atoms with Crippen LogP contribution in [0.1, 0.15) is 19.3 Å². The van der Waals surface area contributed by atoms with Crippen LogP contribution in [0.5, 0.6) is 0 Å². The third-order valence-electron chi connectivity index (χ3n) is 3.18. The number of likely N-dealkylation sites (N-methyl/N-ethyl adjacent to an activating group) is 1. The largest absolute Gasteiger partial charge is 0.341 e. The van der Waals surface area contributed by atoms with Crippen LogP contribution in [0.3, 0.4) is 0 Å². The molecular formula is C10H18N6O. The molecule has 1 atom stereocenters. The van der Waals surface area contributed by atoms with E-state index in [0.29, 0.717) is 6.04 Å². The maximum Gasteiger partial charge on any atom is 0.244 e. The van der Waals surface area contributed by atoms with E-state index >= 15 is 0 Å². The highest BCUT2D eigenvalue weighted by atomic mass is 16.2. The summed E-state index contributed by atoms with van der Waals surface area (Å²) < 4.78 is 1.45. The van der Waals surface area contributed by atoms with E-state index < -0.39 is 0 Å². The van der Waals surface area contributed by atoms with Gasteiger partial charge in [-0.05, 0) is 42.8 Å². The Bertz CT molecular complexity index is 344. The third-order valence-corrected chi connectivity index (χ3v) is 3.18. The summed E-state index contributed by atoms with van der Waals surface area (Å²) in [6.07, 6.45) is 4.65. The summed E-state index contributed by atoms with van der Waals surface area (Å²) in [7, 11) is 1.86. The van der Waals surface area contributed by atoms with E-state index in [2.05, 4.69) is 20.8 Å². The quantitative estimate of drug-likeness (QED) is 0.751. The highest BCUT2D eigenvalue weighted by molar-refractivity contribution is 5.75. The zero-order valence-electron chi connectivity index (χ0n) is 10.0. The van der Waals surface area contributed by atoms with Gasteiger partial charge in [0.1, 0.15) is 12.9 Å². The normalized spacial score (nSPS) is 20.9. The monoisotopic (exact) mass is 238 g/mol.